The minimum absolute atomic E-state index is 0.101. The summed E-state index contributed by atoms with van der Waals surface area (Å²) in [6.07, 6.45) is 5.17. The molecule has 0 saturated heterocycles. The molecule has 0 unspecified atom stereocenters. The number of benzene rings is 1. The molecule has 1 aromatic carbocycles. The monoisotopic (exact) mass is 360 g/mol. The van der Waals surface area contributed by atoms with Crippen LogP contribution in [0.5, 0.6) is 0 Å². The van der Waals surface area contributed by atoms with Gasteiger partial charge in [0.1, 0.15) is 5.69 Å². The maximum atomic E-state index is 12.0. The first-order valence-electron chi connectivity index (χ1n) is 7.42. The molecular formula is C19H18Cl2N2O. The van der Waals surface area contributed by atoms with Gasteiger partial charge in [0.15, 0.2) is 5.78 Å². The highest BCUT2D eigenvalue weighted by Crippen LogP contribution is 2.32. The van der Waals surface area contributed by atoms with Gasteiger partial charge in [-0.2, -0.15) is 5.10 Å². The minimum atomic E-state index is -0.101. The number of aromatic nitrogens is 2. The van der Waals surface area contributed by atoms with Gasteiger partial charge in [-0.1, -0.05) is 54.1 Å². The van der Waals surface area contributed by atoms with Gasteiger partial charge >= 0.3 is 0 Å². The van der Waals surface area contributed by atoms with Crippen molar-refractivity contribution in [3.05, 3.63) is 70.4 Å². The normalized spacial score (nSPS) is 12.4. The Hall–Kier alpha value is -2.10. The summed E-state index contributed by atoms with van der Waals surface area (Å²) in [4.78, 5) is 12.0. The number of ketones is 1. The molecule has 0 amide bonds. The van der Waals surface area contributed by atoms with Gasteiger partial charge in [0, 0.05) is 23.1 Å². The maximum absolute atomic E-state index is 12.0. The van der Waals surface area contributed by atoms with Crippen LogP contribution in [0.2, 0.25) is 5.02 Å². The van der Waals surface area contributed by atoms with Crippen molar-refractivity contribution in [2.24, 2.45) is 0 Å². The molecular weight excluding hydrogens is 343 g/mol. The largest absolute Gasteiger partial charge is 0.293 e. The van der Waals surface area contributed by atoms with E-state index in [4.69, 9.17) is 23.2 Å². The van der Waals surface area contributed by atoms with Crippen LogP contribution in [0.25, 0.3) is 17.0 Å². The Morgan fingerprint density at radius 3 is 2.42 bits per heavy atom. The van der Waals surface area contributed by atoms with E-state index in [2.05, 4.69) is 11.7 Å². The van der Waals surface area contributed by atoms with Crippen LogP contribution in [0.4, 0.5) is 0 Å². The van der Waals surface area contributed by atoms with Crippen molar-refractivity contribution in [2.45, 2.75) is 20.8 Å². The average molecular weight is 361 g/mol. The number of Topliss-reactive ketones (excluding diaryl/α,β-unsaturated/α-hetero) is 1. The molecule has 0 saturated carbocycles. The van der Waals surface area contributed by atoms with E-state index in [9.17, 15) is 4.79 Å². The lowest BCUT2D eigenvalue weighted by atomic mass is 10.1. The molecule has 5 heteroatoms. The van der Waals surface area contributed by atoms with Gasteiger partial charge < -0.3 is 0 Å². The van der Waals surface area contributed by atoms with Crippen LogP contribution in [-0.2, 0) is 0 Å². The van der Waals surface area contributed by atoms with Gasteiger partial charge in [-0.3, -0.25) is 4.79 Å². The van der Waals surface area contributed by atoms with E-state index in [0.717, 1.165) is 16.8 Å². The minimum Gasteiger partial charge on any atom is -0.293 e. The van der Waals surface area contributed by atoms with Gasteiger partial charge in [0.05, 0.1) is 16.4 Å². The maximum Gasteiger partial charge on any atom is 0.180 e. The van der Waals surface area contributed by atoms with E-state index in [0.29, 0.717) is 21.4 Å². The lowest BCUT2D eigenvalue weighted by Gasteiger charge is -2.12. The summed E-state index contributed by atoms with van der Waals surface area (Å²) in [6.45, 7) is 8.94. The number of halogens is 2. The molecule has 0 spiro atoms. The molecule has 0 aliphatic carbocycles. The van der Waals surface area contributed by atoms with Crippen LogP contribution < -0.4 is 0 Å². The quantitative estimate of drug-likeness (QED) is 0.492. The molecule has 2 aromatic rings. The van der Waals surface area contributed by atoms with E-state index < -0.39 is 0 Å². The van der Waals surface area contributed by atoms with E-state index >= 15 is 0 Å². The number of carbonyl (C=O) groups excluding carboxylic acids is 1. The Balaban J connectivity index is 2.82. The first kappa shape index (κ1) is 18.2. The lowest BCUT2D eigenvalue weighted by Crippen LogP contribution is -2.03. The Kier molecular flexibility index (Phi) is 5.81. The van der Waals surface area contributed by atoms with Gasteiger partial charge in [-0.05, 0) is 32.1 Å². The summed E-state index contributed by atoms with van der Waals surface area (Å²) in [5, 5.41) is 5.65. The molecule has 0 aliphatic rings. The number of rotatable bonds is 5. The van der Waals surface area contributed by atoms with Crippen molar-refractivity contribution in [3.8, 4) is 11.3 Å². The number of carbonyl (C=O) groups is 1. The highest BCUT2D eigenvalue weighted by Gasteiger charge is 2.21. The summed E-state index contributed by atoms with van der Waals surface area (Å²) in [5.74, 6) is -0.101. The third-order valence-corrected chi connectivity index (χ3v) is 4.24. The van der Waals surface area contributed by atoms with Crippen LogP contribution >= 0.6 is 23.2 Å². The summed E-state index contributed by atoms with van der Waals surface area (Å²) < 4.78 is 1.68. The number of hydrogen-bond donors (Lipinski definition) is 0. The van der Waals surface area contributed by atoms with Crippen molar-refractivity contribution < 1.29 is 4.79 Å². The fourth-order valence-electron chi connectivity index (χ4n) is 2.46. The molecule has 24 heavy (non-hydrogen) atoms. The molecule has 3 nitrogen and oxygen atoms in total. The molecule has 1 aromatic heterocycles. The first-order valence-corrected chi connectivity index (χ1v) is 8.18. The van der Waals surface area contributed by atoms with E-state index in [-0.39, 0.29) is 5.78 Å². The van der Waals surface area contributed by atoms with Crippen molar-refractivity contribution in [1.82, 2.24) is 9.78 Å². The van der Waals surface area contributed by atoms with Crippen molar-refractivity contribution >= 4 is 34.7 Å². The number of nitrogens with zero attached hydrogens (tertiary/aromatic N) is 2. The summed E-state index contributed by atoms with van der Waals surface area (Å²) >= 11 is 12.3. The standard InChI is InChI=1S/C19H18Cl2N2O/c1-5-7-17(16(21)6-2)23-19(12(3)18(22-23)13(4)24)14-8-10-15(20)11-9-14/h5-11H,1H2,2-4H3/b16-6+,17-7+. The Bertz CT molecular complexity index is 843. The first-order chi connectivity index (χ1) is 11.4. The van der Waals surface area contributed by atoms with Crippen molar-refractivity contribution in [3.63, 3.8) is 0 Å². The molecule has 0 N–H and O–H groups in total. The molecule has 124 valence electrons. The van der Waals surface area contributed by atoms with Crippen LogP contribution in [0.15, 0.2) is 54.1 Å². The Labute approximate surface area is 151 Å². The second-order valence-corrected chi connectivity index (χ2v) is 6.06. The fourth-order valence-corrected chi connectivity index (χ4v) is 2.73. The Morgan fingerprint density at radius 1 is 1.29 bits per heavy atom. The Morgan fingerprint density at radius 2 is 1.92 bits per heavy atom. The summed E-state index contributed by atoms with van der Waals surface area (Å²) in [6, 6.07) is 7.38. The van der Waals surface area contributed by atoms with Crippen LogP contribution in [0, 0.1) is 6.92 Å². The van der Waals surface area contributed by atoms with Gasteiger partial charge in [0.2, 0.25) is 0 Å². The smallest absolute Gasteiger partial charge is 0.180 e. The zero-order valence-electron chi connectivity index (χ0n) is 13.8. The van der Waals surface area contributed by atoms with Crippen molar-refractivity contribution in [2.75, 3.05) is 0 Å². The molecule has 0 fully saturated rings. The van der Waals surface area contributed by atoms with E-state index in [1.165, 1.54) is 6.92 Å². The highest BCUT2D eigenvalue weighted by molar-refractivity contribution is 6.35. The van der Waals surface area contributed by atoms with Gasteiger partial charge in [0.25, 0.3) is 0 Å². The zero-order chi connectivity index (χ0) is 17.9. The van der Waals surface area contributed by atoms with Gasteiger partial charge in [-0.15, -0.1) is 0 Å². The molecule has 0 bridgehead atoms. The predicted molar refractivity (Wildman–Crippen MR) is 101 cm³/mol. The zero-order valence-corrected chi connectivity index (χ0v) is 15.3. The fraction of sp³-hybridized carbons (Fsp3) is 0.158. The SMILES string of the molecule is C=C/C=C(\C(Cl)=C/C)n1nc(C(C)=O)c(C)c1-c1ccc(Cl)cc1. The van der Waals surface area contributed by atoms with Gasteiger partial charge in [-0.25, -0.2) is 4.68 Å². The molecule has 2 rings (SSSR count). The predicted octanol–water partition coefficient (Wildman–Crippen LogP) is 5.88. The number of allylic oxidation sites excluding steroid dienone is 5. The lowest BCUT2D eigenvalue weighted by molar-refractivity contribution is 0.101. The third-order valence-electron chi connectivity index (χ3n) is 3.58. The van der Waals surface area contributed by atoms with Crippen LogP contribution in [-0.4, -0.2) is 15.6 Å². The topological polar surface area (TPSA) is 34.9 Å². The molecule has 1 heterocycles. The molecule has 0 aliphatic heterocycles. The summed E-state index contributed by atoms with van der Waals surface area (Å²) in [7, 11) is 0. The van der Waals surface area contributed by atoms with Crippen LogP contribution in [0.3, 0.4) is 0 Å². The van der Waals surface area contributed by atoms with Crippen LogP contribution in [0.1, 0.15) is 29.9 Å². The number of hydrogen-bond acceptors (Lipinski definition) is 2. The third kappa shape index (κ3) is 3.53. The molecule has 0 atom stereocenters. The second kappa shape index (κ2) is 7.65. The van der Waals surface area contributed by atoms with E-state index in [1.807, 2.05) is 26.0 Å². The average Bonchev–Trinajstić information content (AvgIpc) is 2.90. The van der Waals surface area contributed by atoms with Crippen molar-refractivity contribution in [1.29, 1.82) is 0 Å². The summed E-state index contributed by atoms with van der Waals surface area (Å²) in [5.41, 5.74) is 3.54. The molecule has 0 radical (unpaired) electrons. The second-order valence-electron chi connectivity index (χ2n) is 5.22. The highest BCUT2D eigenvalue weighted by atomic mass is 35.5. The van der Waals surface area contributed by atoms with E-state index in [1.54, 1.807) is 35.0 Å².